The molecule has 42 heavy (non-hydrogen) atoms. The molecule has 2 aromatic heterocycles. The summed E-state index contributed by atoms with van der Waals surface area (Å²) in [4.78, 5) is 22.6. The minimum Gasteiger partial charge on any atom is -0.493 e. The molecule has 15 heteroatoms. The molecule has 4 rings (SSSR count). The summed E-state index contributed by atoms with van der Waals surface area (Å²) in [6.07, 6.45) is 2.33. The number of fused-ring (bicyclic) bond motifs is 1. The molecule has 0 bridgehead atoms. The van der Waals surface area contributed by atoms with Crippen LogP contribution in [0.1, 0.15) is 46.2 Å². The molecule has 1 fully saturated rings. The van der Waals surface area contributed by atoms with Crippen molar-refractivity contribution < 1.29 is 26.8 Å². The van der Waals surface area contributed by atoms with E-state index in [0.29, 0.717) is 54.2 Å². The molecule has 13 nitrogen and oxygen atoms in total. The lowest BCUT2D eigenvalue weighted by Gasteiger charge is -2.35. The molecule has 3 aromatic rings. The van der Waals surface area contributed by atoms with E-state index in [9.17, 15) is 17.8 Å². The molecule has 0 aliphatic carbocycles. The number of ether oxygens (including phenoxy) is 1. The first-order valence-electron chi connectivity index (χ1n) is 14.4. The molecule has 0 amide bonds. The fraction of sp³-hybridized carbons (Fsp3) is 0.593. The van der Waals surface area contributed by atoms with Crippen molar-refractivity contribution in [2.75, 3.05) is 52.3 Å². The van der Waals surface area contributed by atoms with Crippen molar-refractivity contribution in [2.24, 2.45) is 7.05 Å². The maximum atomic E-state index is 13.8. The fourth-order valence-corrected chi connectivity index (χ4v) is 8.24. The number of benzene rings is 1. The van der Waals surface area contributed by atoms with Crippen molar-refractivity contribution in [1.29, 1.82) is 0 Å². The molecule has 0 atom stereocenters. The van der Waals surface area contributed by atoms with Gasteiger partial charge in [0.2, 0.25) is 10.0 Å². The van der Waals surface area contributed by atoms with Crippen molar-refractivity contribution in [2.45, 2.75) is 51.9 Å². The number of hydrogen-bond donors (Lipinski definition) is 1. The van der Waals surface area contributed by atoms with Crippen LogP contribution in [0.5, 0.6) is 5.75 Å². The maximum Gasteiger partial charge on any atom is 0.344 e. The number of H-pyrrole nitrogens is 1. The molecule has 232 valence electrons. The van der Waals surface area contributed by atoms with E-state index >= 15 is 0 Å². The number of nitrogens with one attached hydrogen (secondary N) is 1. The fourth-order valence-electron chi connectivity index (χ4n) is 4.99. The van der Waals surface area contributed by atoms with Gasteiger partial charge < -0.3 is 18.8 Å². The van der Waals surface area contributed by atoms with Crippen LogP contribution < -0.4 is 10.3 Å². The van der Waals surface area contributed by atoms with Gasteiger partial charge in [-0.05, 0) is 44.9 Å². The molecule has 1 aliphatic rings. The molecule has 0 spiro atoms. The average molecular weight is 625 g/mol. The average Bonchev–Trinajstić information content (AvgIpc) is 3.27. The van der Waals surface area contributed by atoms with E-state index in [1.54, 1.807) is 27.0 Å². The van der Waals surface area contributed by atoms with Crippen LogP contribution in [-0.4, -0.2) is 89.7 Å². The van der Waals surface area contributed by atoms with Crippen molar-refractivity contribution in [1.82, 2.24) is 29.0 Å². The van der Waals surface area contributed by atoms with Crippen LogP contribution in [0.3, 0.4) is 0 Å². The number of sulfonamides is 1. The number of aryl methyl sites for hydroxylation is 2. The quantitative estimate of drug-likeness (QED) is 0.264. The predicted octanol–water partition coefficient (Wildman–Crippen LogP) is 3.59. The van der Waals surface area contributed by atoms with Gasteiger partial charge in [-0.2, -0.15) is 9.40 Å². The Bertz CT molecular complexity index is 1590. The first kappa shape index (κ1) is 32.3. The highest BCUT2D eigenvalue weighted by molar-refractivity contribution is 7.89. The van der Waals surface area contributed by atoms with Gasteiger partial charge in [-0.3, -0.25) is 18.9 Å². The molecular formula is C27H41N6O7PS. The highest BCUT2D eigenvalue weighted by Crippen LogP contribution is 2.48. The van der Waals surface area contributed by atoms with Crippen LogP contribution in [0.4, 0.5) is 0 Å². The minimum atomic E-state index is -3.90. The maximum absolute atomic E-state index is 13.8. The Balaban J connectivity index is 1.65. The molecular weight excluding hydrogens is 583 g/mol. The van der Waals surface area contributed by atoms with Crippen LogP contribution in [0.2, 0.25) is 0 Å². The van der Waals surface area contributed by atoms with E-state index in [1.165, 1.54) is 21.1 Å². The molecule has 0 radical (unpaired) electrons. The normalized spacial score (nSPS) is 15.5. The smallest absolute Gasteiger partial charge is 0.344 e. The lowest BCUT2D eigenvalue weighted by Crippen LogP contribution is -2.48. The largest absolute Gasteiger partial charge is 0.493 e. The van der Waals surface area contributed by atoms with E-state index in [1.807, 2.05) is 18.7 Å². The number of aromatic nitrogens is 4. The van der Waals surface area contributed by atoms with Crippen LogP contribution >= 0.6 is 7.60 Å². The number of piperazine rings is 1. The summed E-state index contributed by atoms with van der Waals surface area (Å²) in [5.74, 6) is 0.639. The van der Waals surface area contributed by atoms with Crippen LogP contribution in [-0.2, 0) is 37.1 Å². The lowest BCUT2D eigenvalue weighted by atomic mass is 10.1. The zero-order valence-electron chi connectivity index (χ0n) is 25.0. The molecule has 1 saturated heterocycles. The summed E-state index contributed by atoms with van der Waals surface area (Å²) in [6.45, 7) is 9.62. The molecule has 0 unspecified atom stereocenters. The molecule has 1 N–H and O–H groups in total. The van der Waals surface area contributed by atoms with E-state index in [4.69, 9.17) is 18.8 Å². The summed E-state index contributed by atoms with van der Waals surface area (Å²) < 4.78 is 60.2. The molecule has 0 saturated carbocycles. The van der Waals surface area contributed by atoms with Crippen LogP contribution in [0, 0.1) is 0 Å². The highest BCUT2D eigenvalue weighted by atomic mass is 32.2. The Morgan fingerprint density at radius 3 is 2.33 bits per heavy atom. The second kappa shape index (κ2) is 13.8. The summed E-state index contributed by atoms with van der Waals surface area (Å²) in [5, 5.41) is 4.48. The van der Waals surface area contributed by atoms with Crippen LogP contribution in [0.15, 0.2) is 27.9 Å². The molecule has 1 aliphatic heterocycles. The third kappa shape index (κ3) is 6.95. The van der Waals surface area contributed by atoms with Gasteiger partial charge in [0, 0.05) is 33.2 Å². The van der Waals surface area contributed by atoms with Gasteiger partial charge in [-0.15, -0.1) is 0 Å². The summed E-state index contributed by atoms with van der Waals surface area (Å²) in [6, 6.07) is 4.62. The van der Waals surface area contributed by atoms with Crippen molar-refractivity contribution in [3.05, 3.63) is 34.2 Å². The topological polar surface area (TPSA) is 149 Å². The van der Waals surface area contributed by atoms with Gasteiger partial charge in [0.25, 0.3) is 5.56 Å². The van der Waals surface area contributed by atoms with Gasteiger partial charge in [-0.1, -0.05) is 20.3 Å². The molecule has 3 heterocycles. The van der Waals surface area contributed by atoms with Gasteiger partial charge in [0.1, 0.15) is 23.4 Å². The van der Waals surface area contributed by atoms with E-state index in [0.717, 1.165) is 12.8 Å². The highest BCUT2D eigenvalue weighted by Gasteiger charge is 2.33. The zero-order chi connectivity index (χ0) is 30.5. The van der Waals surface area contributed by atoms with E-state index < -0.39 is 17.6 Å². The second-order valence-electron chi connectivity index (χ2n) is 10.0. The number of nitrogens with zero attached hydrogens (tertiary/aromatic N) is 5. The lowest BCUT2D eigenvalue weighted by molar-refractivity contribution is 0.170. The Hall–Kier alpha value is -2.61. The second-order valence-corrected chi connectivity index (χ2v) is 14.0. The summed E-state index contributed by atoms with van der Waals surface area (Å²) in [7, 11) is -5.49. The van der Waals surface area contributed by atoms with Crippen molar-refractivity contribution in [3.8, 4) is 17.1 Å². The third-order valence-corrected chi connectivity index (χ3v) is 10.9. The Morgan fingerprint density at radius 1 is 1.02 bits per heavy atom. The Kier molecular flexibility index (Phi) is 10.6. The van der Waals surface area contributed by atoms with Crippen molar-refractivity contribution in [3.63, 3.8) is 0 Å². The third-order valence-electron chi connectivity index (χ3n) is 6.91. The first-order valence-corrected chi connectivity index (χ1v) is 17.6. The number of aromatic amines is 1. The minimum absolute atomic E-state index is 0.0619. The Morgan fingerprint density at radius 2 is 1.71 bits per heavy atom. The van der Waals surface area contributed by atoms with Gasteiger partial charge in [0.05, 0.1) is 36.0 Å². The monoisotopic (exact) mass is 624 g/mol. The zero-order valence-corrected chi connectivity index (χ0v) is 26.7. The number of hydrogen-bond acceptors (Lipinski definition) is 10. The van der Waals surface area contributed by atoms with E-state index in [-0.39, 0.29) is 48.9 Å². The first-order chi connectivity index (χ1) is 20.1. The van der Waals surface area contributed by atoms with Gasteiger partial charge in [0.15, 0.2) is 5.52 Å². The summed E-state index contributed by atoms with van der Waals surface area (Å²) in [5.41, 5.74) is 1.56. The summed E-state index contributed by atoms with van der Waals surface area (Å²) >= 11 is 0. The standard InChI is InChI=1S/C27H41N6O7PS/c1-6-10-22-24-25(31(5)30-22)27(34)29-26(28-24)21-18-20(11-12-23(21)38-17-7-2)42(36,37)33-15-13-32(14-16-33)19-41(35,39-8-3)40-9-4/h11-12,18H,6-10,13-17,19H2,1-5H3,(H,28,29,34). The molecule has 1 aromatic carbocycles. The van der Waals surface area contributed by atoms with Crippen LogP contribution in [0.25, 0.3) is 22.4 Å². The number of rotatable bonds is 14. The van der Waals surface area contributed by atoms with Gasteiger partial charge >= 0.3 is 7.60 Å². The van der Waals surface area contributed by atoms with E-state index in [2.05, 4.69) is 10.1 Å². The van der Waals surface area contributed by atoms with Crippen molar-refractivity contribution >= 4 is 28.7 Å². The SMILES string of the molecule is CCCOc1ccc(S(=O)(=O)N2CCN(CP(=O)(OCC)OCC)CC2)cc1-c1nc2c(CCC)nn(C)c2c(=O)[nH]1. The predicted molar refractivity (Wildman–Crippen MR) is 160 cm³/mol. The van der Waals surface area contributed by atoms with Gasteiger partial charge in [-0.25, -0.2) is 13.4 Å². The Labute approximate surface area is 246 Å².